The van der Waals surface area contributed by atoms with Gasteiger partial charge in [0.25, 0.3) is 0 Å². The molecule has 2 aromatic rings. The first-order valence-corrected chi connectivity index (χ1v) is 13.7. The quantitative estimate of drug-likeness (QED) is 0.440. The molecule has 0 radical (unpaired) electrons. The van der Waals surface area contributed by atoms with Crippen LogP contribution in [0.5, 0.6) is 0 Å². The fourth-order valence-electron chi connectivity index (χ4n) is 7.62. The average Bonchev–Trinajstić information content (AvgIpc) is 2.79. The van der Waals surface area contributed by atoms with Crippen molar-refractivity contribution in [2.75, 3.05) is 0 Å². The van der Waals surface area contributed by atoms with Crippen molar-refractivity contribution >= 4 is 0 Å². The van der Waals surface area contributed by atoms with Crippen molar-refractivity contribution in [3.8, 4) is 0 Å². The van der Waals surface area contributed by atoms with Crippen LogP contribution in [-0.4, -0.2) is 0 Å². The molecule has 0 bridgehead atoms. The Hall–Kier alpha value is -1.56. The summed E-state index contributed by atoms with van der Waals surface area (Å²) < 4.78 is 0. The average molecular weight is 445 g/mol. The molecule has 2 aliphatic carbocycles. The molecular formula is C33H48. The van der Waals surface area contributed by atoms with Crippen LogP contribution in [0.3, 0.4) is 0 Å². The highest BCUT2D eigenvalue weighted by atomic mass is 14.5. The first-order valence-electron chi connectivity index (χ1n) is 13.7. The molecule has 0 spiro atoms. The second-order valence-electron chi connectivity index (χ2n) is 12.5. The van der Waals surface area contributed by atoms with Crippen molar-refractivity contribution in [1.29, 1.82) is 0 Å². The van der Waals surface area contributed by atoms with Gasteiger partial charge in [-0.05, 0) is 155 Å². The summed E-state index contributed by atoms with van der Waals surface area (Å²) in [6.45, 7) is 19.0. The Kier molecular flexibility index (Phi) is 7.14. The first-order chi connectivity index (χ1) is 15.6. The molecule has 2 aliphatic rings. The van der Waals surface area contributed by atoms with Gasteiger partial charge in [-0.2, -0.15) is 0 Å². The van der Waals surface area contributed by atoms with Crippen molar-refractivity contribution in [1.82, 2.24) is 0 Å². The summed E-state index contributed by atoms with van der Waals surface area (Å²) in [6, 6.07) is 9.66. The third kappa shape index (κ3) is 4.96. The van der Waals surface area contributed by atoms with Gasteiger partial charge in [-0.15, -0.1) is 0 Å². The van der Waals surface area contributed by atoms with Crippen molar-refractivity contribution in [3.63, 3.8) is 0 Å². The first kappa shape index (κ1) is 24.6. The third-order valence-electron chi connectivity index (χ3n) is 10.1. The van der Waals surface area contributed by atoms with Gasteiger partial charge in [-0.1, -0.05) is 49.2 Å². The molecule has 2 saturated carbocycles. The van der Waals surface area contributed by atoms with E-state index in [2.05, 4.69) is 79.7 Å². The van der Waals surface area contributed by atoms with Crippen molar-refractivity contribution in [2.24, 2.45) is 17.3 Å². The molecule has 0 saturated heterocycles. The van der Waals surface area contributed by atoms with Crippen molar-refractivity contribution in [2.45, 2.75) is 119 Å². The van der Waals surface area contributed by atoms with Gasteiger partial charge in [-0.3, -0.25) is 0 Å². The summed E-state index contributed by atoms with van der Waals surface area (Å²) in [7, 11) is 0. The zero-order valence-corrected chi connectivity index (χ0v) is 22.8. The lowest BCUT2D eigenvalue weighted by Gasteiger charge is -2.47. The van der Waals surface area contributed by atoms with Crippen LogP contribution in [0.15, 0.2) is 24.3 Å². The molecule has 33 heavy (non-hydrogen) atoms. The molecule has 0 unspecified atom stereocenters. The van der Waals surface area contributed by atoms with Crippen LogP contribution in [0.2, 0.25) is 0 Å². The summed E-state index contributed by atoms with van der Waals surface area (Å²) in [5.41, 5.74) is 12.7. The molecule has 0 atom stereocenters. The molecule has 0 aromatic heterocycles. The third-order valence-corrected chi connectivity index (χ3v) is 10.1. The minimum absolute atomic E-state index is 0.477. The smallest absolute Gasteiger partial charge is 0.0159 e. The fourth-order valence-corrected chi connectivity index (χ4v) is 7.62. The SMILES string of the molecule is Cc1cc(C)c(C)c(C2CCC(C(C)(C)C3CCC(c4cc(C)cc(C)c4C)CC3)CC2)c1. The predicted molar refractivity (Wildman–Crippen MR) is 144 cm³/mol. The zero-order valence-electron chi connectivity index (χ0n) is 22.8. The Morgan fingerprint density at radius 3 is 1.18 bits per heavy atom. The van der Waals surface area contributed by atoms with Gasteiger partial charge in [0.05, 0.1) is 0 Å². The van der Waals surface area contributed by atoms with Crippen molar-refractivity contribution < 1.29 is 0 Å². The van der Waals surface area contributed by atoms with Gasteiger partial charge in [0.15, 0.2) is 0 Å². The normalized spacial score (nSPS) is 26.4. The van der Waals surface area contributed by atoms with Crippen LogP contribution in [0.4, 0.5) is 0 Å². The largest absolute Gasteiger partial charge is 0.0594 e. The standard InChI is InChI=1S/C33H48/c1-21-17-23(3)25(5)31(19-21)27-9-13-29(14-10-27)33(7,8)30-15-11-28(12-16-30)32-20-22(2)18-24(4)26(32)6/h17-20,27-30H,9-16H2,1-8H3. The number of hydrogen-bond donors (Lipinski definition) is 0. The minimum atomic E-state index is 0.477. The van der Waals surface area contributed by atoms with E-state index in [9.17, 15) is 0 Å². The Labute approximate surface area is 204 Å². The second-order valence-corrected chi connectivity index (χ2v) is 12.5. The lowest BCUT2D eigenvalue weighted by molar-refractivity contribution is 0.0512. The molecule has 0 amide bonds. The maximum absolute atomic E-state index is 2.62. The number of benzene rings is 2. The maximum Gasteiger partial charge on any atom is -0.0159 e. The van der Waals surface area contributed by atoms with Crippen LogP contribution in [0.25, 0.3) is 0 Å². The Morgan fingerprint density at radius 2 is 0.848 bits per heavy atom. The molecule has 2 fully saturated rings. The summed E-state index contributed by atoms with van der Waals surface area (Å²) in [4.78, 5) is 0. The molecule has 0 N–H and O–H groups in total. The molecule has 4 rings (SSSR count). The number of aryl methyl sites for hydroxylation is 4. The molecular weight excluding hydrogens is 396 g/mol. The van der Waals surface area contributed by atoms with Crippen molar-refractivity contribution in [3.05, 3.63) is 68.8 Å². The van der Waals surface area contributed by atoms with Crippen LogP contribution < -0.4 is 0 Å². The molecule has 0 nitrogen and oxygen atoms in total. The Bertz CT molecular complexity index is 896. The van der Waals surface area contributed by atoms with E-state index in [1.54, 1.807) is 22.3 Å². The molecule has 0 aliphatic heterocycles. The predicted octanol–water partition coefficient (Wildman–Crippen LogP) is 9.81. The maximum atomic E-state index is 2.62. The van der Waals surface area contributed by atoms with Gasteiger partial charge in [0.1, 0.15) is 0 Å². The van der Waals surface area contributed by atoms with Crippen LogP contribution in [0.1, 0.15) is 122 Å². The van der Waals surface area contributed by atoms with E-state index in [1.807, 2.05) is 0 Å². The highest BCUT2D eigenvalue weighted by Crippen LogP contribution is 2.52. The van der Waals surface area contributed by atoms with Gasteiger partial charge in [-0.25, -0.2) is 0 Å². The van der Waals surface area contributed by atoms with E-state index in [0.29, 0.717) is 5.41 Å². The van der Waals surface area contributed by atoms with Gasteiger partial charge in [0, 0.05) is 0 Å². The lowest BCUT2D eigenvalue weighted by Crippen LogP contribution is -2.36. The number of rotatable bonds is 4. The zero-order chi connectivity index (χ0) is 23.9. The summed E-state index contributed by atoms with van der Waals surface area (Å²) >= 11 is 0. The Morgan fingerprint density at radius 1 is 0.515 bits per heavy atom. The van der Waals surface area contributed by atoms with Gasteiger partial charge >= 0.3 is 0 Å². The molecule has 2 aromatic carbocycles. The summed E-state index contributed by atoms with van der Waals surface area (Å²) in [5.74, 6) is 3.34. The molecule has 0 heterocycles. The summed E-state index contributed by atoms with van der Waals surface area (Å²) in [5, 5.41) is 0. The fraction of sp³-hybridized carbons (Fsp3) is 0.636. The minimum Gasteiger partial charge on any atom is -0.0594 e. The van der Waals surface area contributed by atoms with E-state index in [1.165, 1.54) is 73.6 Å². The van der Waals surface area contributed by atoms with Gasteiger partial charge in [0.2, 0.25) is 0 Å². The topological polar surface area (TPSA) is 0 Å². The highest BCUT2D eigenvalue weighted by molar-refractivity contribution is 5.40. The monoisotopic (exact) mass is 444 g/mol. The number of hydrogen-bond acceptors (Lipinski definition) is 0. The molecule has 0 heteroatoms. The van der Waals surface area contributed by atoms with Crippen LogP contribution in [-0.2, 0) is 0 Å². The second kappa shape index (κ2) is 9.59. The van der Waals surface area contributed by atoms with E-state index < -0.39 is 0 Å². The van der Waals surface area contributed by atoms with E-state index in [-0.39, 0.29) is 0 Å². The van der Waals surface area contributed by atoms with Gasteiger partial charge < -0.3 is 0 Å². The Balaban J connectivity index is 1.38. The van der Waals surface area contributed by atoms with Crippen LogP contribution in [0, 0.1) is 58.8 Å². The van der Waals surface area contributed by atoms with E-state index >= 15 is 0 Å². The highest BCUT2D eigenvalue weighted by Gasteiger charge is 2.41. The lowest BCUT2D eigenvalue weighted by atomic mass is 9.58. The molecule has 180 valence electrons. The summed E-state index contributed by atoms with van der Waals surface area (Å²) in [6.07, 6.45) is 11.2. The van der Waals surface area contributed by atoms with E-state index in [0.717, 1.165) is 23.7 Å². The van der Waals surface area contributed by atoms with Crippen LogP contribution >= 0.6 is 0 Å². The van der Waals surface area contributed by atoms with E-state index in [4.69, 9.17) is 0 Å².